The van der Waals surface area contributed by atoms with E-state index in [1.165, 1.54) is 5.57 Å². The van der Waals surface area contributed by atoms with Crippen LogP contribution < -0.4 is 0 Å². The number of rotatable bonds is 2. The van der Waals surface area contributed by atoms with Crippen LogP contribution in [0.4, 0.5) is 0 Å². The van der Waals surface area contributed by atoms with Gasteiger partial charge >= 0.3 is 0 Å². The van der Waals surface area contributed by atoms with Crippen LogP contribution >= 0.6 is 15.9 Å². The largest absolute Gasteiger partial charge is 0.379 e. The molecule has 0 amide bonds. The third-order valence-electron chi connectivity index (χ3n) is 2.06. The number of alkyl halides is 1. The van der Waals surface area contributed by atoms with Gasteiger partial charge in [-0.3, -0.25) is 4.90 Å². The summed E-state index contributed by atoms with van der Waals surface area (Å²) in [5, 5.41) is 0. The Bertz CT molecular complexity index is 178. The first-order chi connectivity index (χ1) is 6.18. The summed E-state index contributed by atoms with van der Waals surface area (Å²) in [4.78, 5) is 2.90. The van der Waals surface area contributed by atoms with Crippen molar-refractivity contribution in [3.05, 3.63) is 11.6 Å². The molecule has 1 heterocycles. The summed E-state index contributed by atoms with van der Waals surface area (Å²) in [5.74, 6) is 0. The molecule has 1 rings (SSSR count). The minimum Gasteiger partial charge on any atom is -0.379 e. The SMILES string of the molecule is CC(C)=CCN1CCOCC(Br)C1. The van der Waals surface area contributed by atoms with Crippen molar-refractivity contribution in [1.29, 1.82) is 0 Å². The first-order valence-electron chi connectivity index (χ1n) is 4.76. The van der Waals surface area contributed by atoms with Gasteiger partial charge in [0.25, 0.3) is 0 Å². The van der Waals surface area contributed by atoms with Crippen molar-refractivity contribution in [1.82, 2.24) is 4.90 Å². The van der Waals surface area contributed by atoms with Gasteiger partial charge in [0.1, 0.15) is 0 Å². The van der Waals surface area contributed by atoms with Gasteiger partial charge < -0.3 is 4.74 Å². The quantitative estimate of drug-likeness (QED) is 0.547. The lowest BCUT2D eigenvalue weighted by Gasteiger charge is -2.18. The first-order valence-corrected chi connectivity index (χ1v) is 5.67. The smallest absolute Gasteiger partial charge is 0.0604 e. The van der Waals surface area contributed by atoms with Gasteiger partial charge in [-0.15, -0.1) is 0 Å². The molecule has 1 saturated heterocycles. The highest BCUT2D eigenvalue weighted by molar-refractivity contribution is 9.09. The van der Waals surface area contributed by atoms with Crippen molar-refractivity contribution in [2.75, 3.05) is 32.8 Å². The van der Waals surface area contributed by atoms with E-state index in [4.69, 9.17) is 4.74 Å². The molecule has 0 bridgehead atoms. The molecule has 1 fully saturated rings. The van der Waals surface area contributed by atoms with Gasteiger partial charge in [-0.25, -0.2) is 0 Å². The van der Waals surface area contributed by atoms with E-state index in [9.17, 15) is 0 Å². The Morgan fingerprint density at radius 3 is 3.08 bits per heavy atom. The molecule has 0 N–H and O–H groups in total. The highest BCUT2D eigenvalue weighted by Gasteiger charge is 2.14. The monoisotopic (exact) mass is 247 g/mol. The van der Waals surface area contributed by atoms with Crippen LogP contribution in [0.5, 0.6) is 0 Å². The minimum atomic E-state index is 0.487. The van der Waals surface area contributed by atoms with E-state index in [0.717, 1.165) is 32.8 Å². The second kappa shape index (κ2) is 5.78. The van der Waals surface area contributed by atoms with Crippen molar-refractivity contribution >= 4 is 15.9 Å². The molecule has 0 radical (unpaired) electrons. The summed E-state index contributed by atoms with van der Waals surface area (Å²) in [6, 6.07) is 0. The molecule has 13 heavy (non-hydrogen) atoms. The van der Waals surface area contributed by atoms with Gasteiger partial charge in [-0.1, -0.05) is 27.6 Å². The van der Waals surface area contributed by atoms with E-state index in [-0.39, 0.29) is 0 Å². The van der Waals surface area contributed by atoms with Crippen LogP contribution in [0.15, 0.2) is 11.6 Å². The Morgan fingerprint density at radius 2 is 2.38 bits per heavy atom. The van der Waals surface area contributed by atoms with E-state index < -0.39 is 0 Å². The molecule has 0 aromatic rings. The van der Waals surface area contributed by atoms with Crippen LogP contribution in [0.1, 0.15) is 13.8 Å². The number of ether oxygens (including phenoxy) is 1. The van der Waals surface area contributed by atoms with Crippen LogP contribution in [0, 0.1) is 0 Å². The maximum Gasteiger partial charge on any atom is 0.0604 e. The predicted molar refractivity (Wildman–Crippen MR) is 59.4 cm³/mol. The summed E-state index contributed by atoms with van der Waals surface area (Å²) in [7, 11) is 0. The maximum absolute atomic E-state index is 5.43. The van der Waals surface area contributed by atoms with Crippen molar-refractivity contribution in [2.24, 2.45) is 0 Å². The van der Waals surface area contributed by atoms with Crippen molar-refractivity contribution < 1.29 is 4.74 Å². The molecule has 0 saturated carbocycles. The molecule has 0 aromatic carbocycles. The minimum absolute atomic E-state index is 0.487. The van der Waals surface area contributed by atoms with E-state index in [1.54, 1.807) is 0 Å². The fourth-order valence-electron chi connectivity index (χ4n) is 1.31. The third-order valence-corrected chi connectivity index (χ3v) is 2.62. The lowest BCUT2D eigenvalue weighted by Crippen LogP contribution is -2.30. The van der Waals surface area contributed by atoms with Crippen molar-refractivity contribution in [2.45, 2.75) is 18.7 Å². The standard InChI is InChI=1S/C10H18BrNO/c1-9(2)3-4-12-5-6-13-8-10(11)7-12/h3,10H,4-8H2,1-2H3. The molecule has 3 heteroatoms. The first kappa shape index (κ1) is 11.2. The number of allylic oxidation sites excluding steroid dienone is 1. The molecule has 76 valence electrons. The fraction of sp³-hybridized carbons (Fsp3) is 0.800. The zero-order valence-electron chi connectivity index (χ0n) is 8.42. The molecular formula is C10H18BrNO. The Labute approximate surface area is 89.1 Å². The molecule has 0 spiro atoms. The summed E-state index contributed by atoms with van der Waals surface area (Å²) < 4.78 is 5.43. The molecule has 1 aliphatic heterocycles. The second-order valence-corrected chi connectivity index (χ2v) is 5.01. The van der Waals surface area contributed by atoms with E-state index in [0.29, 0.717) is 4.83 Å². The zero-order chi connectivity index (χ0) is 9.68. The molecule has 1 unspecified atom stereocenters. The van der Waals surface area contributed by atoms with Crippen LogP contribution in [0.25, 0.3) is 0 Å². The third kappa shape index (κ3) is 4.79. The highest BCUT2D eigenvalue weighted by atomic mass is 79.9. The molecule has 1 aliphatic rings. The Hall–Kier alpha value is 0.140. The number of nitrogens with zero attached hydrogens (tertiary/aromatic N) is 1. The Kier molecular flexibility index (Phi) is 4.99. The summed E-state index contributed by atoms with van der Waals surface area (Å²) >= 11 is 3.60. The summed E-state index contributed by atoms with van der Waals surface area (Å²) in [6.45, 7) is 9.16. The van der Waals surface area contributed by atoms with E-state index in [2.05, 4.69) is 40.8 Å². The van der Waals surface area contributed by atoms with Crippen molar-refractivity contribution in [3.63, 3.8) is 0 Å². The van der Waals surface area contributed by atoms with Gasteiger partial charge in [0.05, 0.1) is 18.0 Å². The van der Waals surface area contributed by atoms with Gasteiger partial charge in [0.15, 0.2) is 0 Å². The highest BCUT2D eigenvalue weighted by Crippen LogP contribution is 2.08. The zero-order valence-corrected chi connectivity index (χ0v) is 10.0. The average Bonchev–Trinajstić information content (AvgIpc) is 2.26. The molecular weight excluding hydrogens is 230 g/mol. The number of hydrogen-bond donors (Lipinski definition) is 0. The molecule has 0 aromatic heterocycles. The van der Waals surface area contributed by atoms with Gasteiger partial charge in [-0.05, 0) is 13.8 Å². The Balaban J connectivity index is 2.35. The van der Waals surface area contributed by atoms with E-state index in [1.807, 2.05) is 0 Å². The van der Waals surface area contributed by atoms with Crippen LogP contribution in [-0.2, 0) is 4.74 Å². The van der Waals surface area contributed by atoms with Crippen molar-refractivity contribution in [3.8, 4) is 0 Å². The average molecular weight is 248 g/mol. The summed E-state index contributed by atoms with van der Waals surface area (Å²) in [5.41, 5.74) is 1.39. The topological polar surface area (TPSA) is 12.5 Å². The van der Waals surface area contributed by atoms with Crippen LogP contribution in [0.3, 0.4) is 0 Å². The lowest BCUT2D eigenvalue weighted by atomic mass is 10.3. The lowest BCUT2D eigenvalue weighted by molar-refractivity contribution is 0.145. The molecule has 0 aliphatic carbocycles. The fourth-order valence-corrected chi connectivity index (χ4v) is 1.90. The van der Waals surface area contributed by atoms with E-state index >= 15 is 0 Å². The predicted octanol–water partition coefficient (Wildman–Crippen LogP) is 2.05. The van der Waals surface area contributed by atoms with Crippen LogP contribution in [-0.4, -0.2) is 42.6 Å². The normalized spacial score (nSPS) is 25.3. The second-order valence-electron chi connectivity index (χ2n) is 3.71. The number of hydrogen-bond acceptors (Lipinski definition) is 2. The number of halogens is 1. The van der Waals surface area contributed by atoms with Gasteiger partial charge in [0.2, 0.25) is 0 Å². The Morgan fingerprint density at radius 1 is 1.62 bits per heavy atom. The van der Waals surface area contributed by atoms with Crippen LogP contribution in [0.2, 0.25) is 0 Å². The molecule has 2 nitrogen and oxygen atoms in total. The molecule has 1 atom stereocenters. The van der Waals surface area contributed by atoms with Gasteiger partial charge in [-0.2, -0.15) is 0 Å². The summed E-state index contributed by atoms with van der Waals surface area (Å²) in [6.07, 6.45) is 2.27. The maximum atomic E-state index is 5.43. The van der Waals surface area contributed by atoms with Gasteiger partial charge in [0, 0.05) is 19.6 Å².